The molecule has 0 unspecified atom stereocenters. The third-order valence-electron chi connectivity index (χ3n) is 5.44. The van der Waals surface area contributed by atoms with Crippen LogP contribution in [-0.2, 0) is 14.8 Å². The maximum atomic E-state index is 13.3. The minimum atomic E-state index is -3.95. The molecule has 30 heavy (non-hydrogen) atoms. The molecule has 1 fully saturated rings. The van der Waals surface area contributed by atoms with Gasteiger partial charge in [0.1, 0.15) is 10.3 Å². The number of rotatable bonds is 6. The van der Waals surface area contributed by atoms with E-state index in [4.69, 9.17) is 11.6 Å². The fraction of sp³-hybridized carbons (Fsp3) is 0.364. The van der Waals surface area contributed by atoms with Crippen molar-refractivity contribution in [2.75, 3.05) is 16.2 Å². The van der Waals surface area contributed by atoms with Crippen LogP contribution in [0.25, 0.3) is 0 Å². The number of carbonyl (C=O) groups is 1. The predicted molar refractivity (Wildman–Crippen MR) is 118 cm³/mol. The number of nitriles is 1. The standard InChI is InChI=1S/C22H24ClN3O3S/c1-2-26(18-9-5-3-6-10-18)30(28,29)20-15-17(11-12-19(20)23)25-21(27)22(16-24)13-7-4-8-14-22/h3,5-6,9-12,15H,2,4,7-8,13-14H2,1H3,(H,25,27). The maximum Gasteiger partial charge on any atom is 0.265 e. The van der Waals surface area contributed by atoms with Crippen LogP contribution in [0.3, 0.4) is 0 Å². The van der Waals surface area contributed by atoms with Crippen molar-refractivity contribution in [3.63, 3.8) is 0 Å². The molecule has 6 nitrogen and oxygen atoms in total. The topological polar surface area (TPSA) is 90.3 Å². The summed E-state index contributed by atoms with van der Waals surface area (Å²) < 4.78 is 27.9. The van der Waals surface area contributed by atoms with Gasteiger partial charge in [-0.3, -0.25) is 9.10 Å². The van der Waals surface area contributed by atoms with Gasteiger partial charge in [0, 0.05) is 12.2 Å². The second-order valence-corrected chi connectivity index (χ2v) is 9.60. The highest BCUT2D eigenvalue weighted by molar-refractivity contribution is 7.93. The molecule has 0 bridgehead atoms. The maximum absolute atomic E-state index is 13.3. The Morgan fingerprint density at radius 1 is 1.17 bits per heavy atom. The minimum Gasteiger partial charge on any atom is -0.325 e. The first-order chi connectivity index (χ1) is 14.3. The van der Waals surface area contributed by atoms with Crippen molar-refractivity contribution >= 4 is 38.9 Å². The number of benzene rings is 2. The zero-order valence-corrected chi connectivity index (χ0v) is 18.3. The van der Waals surface area contributed by atoms with Crippen LogP contribution in [-0.4, -0.2) is 20.9 Å². The highest BCUT2D eigenvalue weighted by Crippen LogP contribution is 2.37. The van der Waals surface area contributed by atoms with Crippen molar-refractivity contribution in [1.82, 2.24) is 0 Å². The van der Waals surface area contributed by atoms with Gasteiger partial charge in [0.2, 0.25) is 5.91 Å². The molecule has 0 saturated heterocycles. The molecule has 2 aromatic carbocycles. The van der Waals surface area contributed by atoms with Crippen molar-refractivity contribution in [2.45, 2.75) is 43.9 Å². The highest BCUT2D eigenvalue weighted by Gasteiger charge is 2.40. The third kappa shape index (κ3) is 4.30. The van der Waals surface area contributed by atoms with E-state index in [9.17, 15) is 18.5 Å². The number of nitrogens with zero attached hydrogens (tertiary/aromatic N) is 2. The molecule has 3 rings (SSSR count). The van der Waals surface area contributed by atoms with Crippen LogP contribution in [0, 0.1) is 16.7 Å². The zero-order valence-electron chi connectivity index (χ0n) is 16.8. The molecule has 1 aliphatic carbocycles. The molecule has 0 heterocycles. The Kier molecular flexibility index (Phi) is 6.69. The minimum absolute atomic E-state index is 0.0649. The Morgan fingerprint density at radius 2 is 1.83 bits per heavy atom. The van der Waals surface area contributed by atoms with Crippen LogP contribution in [0.15, 0.2) is 53.4 Å². The number of nitrogens with one attached hydrogen (secondary N) is 1. The number of halogens is 1. The first kappa shape index (κ1) is 22.1. The number of sulfonamides is 1. The second kappa shape index (κ2) is 9.07. The number of carbonyl (C=O) groups excluding carboxylic acids is 1. The van der Waals surface area contributed by atoms with Gasteiger partial charge in [-0.1, -0.05) is 49.1 Å². The normalized spacial score (nSPS) is 15.8. The average molecular weight is 446 g/mol. The lowest BCUT2D eigenvalue weighted by molar-refractivity contribution is -0.124. The summed E-state index contributed by atoms with van der Waals surface area (Å²) in [6, 6.07) is 15.3. The molecule has 2 aromatic rings. The number of anilines is 2. The molecule has 0 aliphatic heterocycles. The van der Waals surface area contributed by atoms with Crippen molar-refractivity contribution in [1.29, 1.82) is 5.26 Å². The van der Waals surface area contributed by atoms with E-state index in [1.165, 1.54) is 16.4 Å². The van der Waals surface area contributed by atoms with Crippen LogP contribution >= 0.6 is 11.6 Å². The van der Waals surface area contributed by atoms with Crippen molar-refractivity contribution in [3.05, 3.63) is 53.6 Å². The van der Waals surface area contributed by atoms with Crippen LogP contribution in [0.5, 0.6) is 0 Å². The summed E-state index contributed by atoms with van der Waals surface area (Å²) in [5.41, 5.74) is -0.250. The molecule has 8 heteroatoms. The van der Waals surface area contributed by atoms with Gasteiger partial charge in [0.15, 0.2) is 0 Å². The van der Waals surface area contributed by atoms with Crippen molar-refractivity contribution < 1.29 is 13.2 Å². The van der Waals surface area contributed by atoms with Gasteiger partial charge in [0.05, 0.1) is 16.8 Å². The summed E-state index contributed by atoms with van der Waals surface area (Å²) in [7, 11) is -3.95. The molecule has 1 N–H and O–H groups in total. The van der Waals surface area contributed by atoms with E-state index < -0.39 is 21.3 Å². The Bertz CT molecular complexity index is 1060. The van der Waals surface area contributed by atoms with Crippen molar-refractivity contribution in [3.8, 4) is 6.07 Å². The molecule has 0 aromatic heterocycles. The van der Waals surface area contributed by atoms with Crippen LogP contribution < -0.4 is 9.62 Å². The highest BCUT2D eigenvalue weighted by atomic mass is 35.5. The molecule has 1 amide bonds. The molecule has 0 spiro atoms. The zero-order chi connectivity index (χ0) is 21.8. The molecular formula is C22H24ClN3O3S. The van der Waals surface area contributed by atoms with Crippen LogP contribution in [0.4, 0.5) is 11.4 Å². The van der Waals surface area contributed by atoms with Gasteiger partial charge < -0.3 is 5.32 Å². The van der Waals surface area contributed by atoms with E-state index >= 15 is 0 Å². The van der Waals surface area contributed by atoms with Gasteiger partial charge in [-0.25, -0.2) is 8.42 Å². The summed E-state index contributed by atoms with van der Waals surface area (Å²) in [5, 5.41) is 12.4. The molecular weight excluding hydrogens is 422 g/mol. The second-order valence-electron chi connectivity index (χ2n) is 7.36. The number of hydrogen-bond acceptors (Lipinski definition) is 4. The van der Waals surface area contributed by atoms with Crippen LogP contribution in [0.1, 0.15) is 39.0 Å². The number of amides is 1. The Balaban J connectivity index is 1.93. The van der Waals surface area contributed by atoms with Crippen molar-refractivity contribution in [2.24, 2.45) is 5.41 Å². The Morgan fingerprint density at radius 3 is 2.43 bits per heavy atom. The van der Waals surface area contributed by atoms with Gasteiger partial charge in [0.25, 0.3) is 10.0 Å². The largest absolute Gasteiger partial charge is 0.325 e. The van der Waals surface area contributed by atoms with E-state index in [1.54, 1.807) is 37.3 Å². The molecule has 0 radical (unpaired) electrons. The number of hydrogen-bond donors (Lipinski definition) is 1. The van der Waals surface area contributed by atoms with Gasteiger partial charge in [-0.2, -0.15) is 5.26 Å². The average Bonchev–Trinajstić information content (AvgIpc) is 2.76. The monoisotopic (exact) mass is 445 g/mol. The molecule has 0 atom stereocenters. The first-order valence-electron chi connectivity index (χ1n) is 9.94. The molecule has 1 aliphatic rings. The van der Waals surface area contributed by atoms with Gasteiger partial charge in [-0.05, 0) is 50.1 Å². The summed E-state index contributed by atoms with van der Waals surface area (Å²) >= 11 is 6.24. The molecule has 1 saturated carbocycles. The molecule has 158 valence electrons. The summed E-state index contributed by atoms with van der Waals surface area (Å²) in [6.07, 6.45) is 3.66. The summed E-state index contributed by atoms with van der Waals surface area (Å²) in [6.45, 7) is 1.96. The summed E-state index contributed by atoms with van der Waals surface area (Å²) in [5.74, 6) is -0.397. The summed E-state index contributed by atoms with van der Waals surface area (Å²) in [4.78, 5) is 12.8. The SMILES string of the molecule is CCN(c1ccccc1)S(=O)(=O)c1cc(NC(=O)C2(C#N)CCCCC2)ccc1Cl. The van der Waals surface area contributed by atoms with E-state index in [1.807, 2.05) is 6.07 Å². The lowest BCUT2D eigenvalue weighted by atomic mass is 9.74. The van der Waals surface area contributed by atoms with E-state index in [-0.39, 0.29) is 16.5 Å². The van der Waals surface area contributed by atoms with Gasteiger partial charge in [-0.15, -0.1) is 0 Å². The van der Waals surface area contributed by atoms with Gasteiger partial charge >= 0.3 is 0 Å². The van der Waals surface area contributed by atoms with E-state index in [2.05, 4.69) is 11.4 Å². The lowest BCUT2D eigenvalue weighted by Gasteiger charge is -2.29. The fourth-order valence-corrected chi connectivity index (χ4v) is 5.76. The fourth-order valence-electron chi connectivity index (χ4n) is 3.78. The Hall–Kier alpha value is -2.56. The number of para-hydroxylation sites is 1. The van der Waals surface area contributed by atoms with E-state index in [0.29, 0.717) is 24.2 Å². The van der Waals surface area contributed by atoms with Crippen LogP contribution in [0.2, 0.25) is 5.02 Å². The third-order valence-corrected chi connectivity index (χ3v) is 7.83. The Labute approximate surface area is 182 Å². The lowest BCUT2D eigenvalue weighted by Crippen LogP contribution is -2.37. The first-order valence-corrected chi connectivity index (χ1v) is 11.8. The quantitative estimate of drug-likeness (QED) is 0.679. The van der Waals surface area contributed by atoms with E-state index in [0.717, 1.165) is 19.3 Å². The smallest absolute Gasteiger partial charge is 0.265 e. The predicted octanol–water partition coefficient (Wildman–Crippen LogP) is 4.97.